The predicted molar refractivity (Wildman–Crippen MR) is 69.5 cm³/mol. The monoisotopic (exact) mass is 286 g/mol. The normalized spacial score (nSPS) is 12.7. The van der Waals surface area contributed by atoms with Crippen LogP contribution >= 0.6 is 15.9 Å². The molecule has 90 valence electrons. The van der Waals surface area contributed by atoms with E-state index < -0.39 is 0 Å². The second-order valence-electron chi connectivity index (χ2n) is 3.57. The lowest BCUT2D eigenvalue weighted by Crippen LogP contribution is -2.27. The Hall–Kier alpha value is -0.450. The second-order valence-corrected chi connectivity index (χ2v) is 4.48. The van der Waals surface area contributed by atoms with Gasteiger partial charge in [-0.15, -0.1) is 0 Å². The van der Waals surface area contributed by atoms with Gasteiger partial charge in [-0.3, -0.25) is 4.98 Å². The molecule has 1 atom stereocenters. The van der Waals surface area contributed by atoms with Gasteiger partial charge in [-0.05, 0) is 48.0 Å². The lowest BCUT2D eigenvalue weighted by Gasteiger charge is -2.17. The van der Waals surface area contributed by atoms with Crippen molar-refractivity contribution in [3.8, 4) is 0 Å². The first-order valence-corrected chi connectivity index (χ1v) is 6.49. The van der Waals surface area contributed by atoms with Crippen molar-refractivity contribution in [1.29, 1.82) is 0 Å². The first-order valence-electron chi connectivity index (χ1n) is 5.70. The maximum absolute atomic E-state index is 5.46. The van der Waals surface area contributed by atoms with E-state index in [1.807, 2.05) is 25.3 Å². The molecule has 0 bridgehead atoms. The maximum atomic E-state index is 5.46. The molecule has 0 aliphatic rings. The largest absolute Gasteiger partial charge is 0.380 e. The van der Waals surface area contributed by atoms with Gasteiger partial charge in [0.1, 0.15) is 0 Å². The molecule has 0 saturated carbocycles. The average Bonchev–Trinajstić information content (AvgIpc) is 2.31. The Morgan fingerprint density at radius 1 is 1.44 bits per heavy atom. The Kier molecular flexibility index (Phi) is 6.61. The number of halogens is 1. The smallest absolute Gasteiger partial charge is 0.0732 e. The highest BCUT2D eigenvalue weighted by Gasteiger charge is 2.11. The zero-order valence-electron chi connectivity index (χ0n) is 9.87. The van der Waals surface area contributed by atoms with Crippen molar-refractivity contribution in [2.75, 3.05) is 19.8 Å². The summed E-state index contributed by atoms with van der Waals surface area (Å²) in [6.45, 7) is 6.55. The number of pyridine rings is 1. The molecule has 1 unspecified atom stereocenters. The highest BCUT2D eigenvalue weighted by molar-refractivity contribution is 9.10. The topological polar surface area (TPSA) is 34.1 Å². The lowest BCUT2D eigenvalue weighted by atomic mass is 10.2. The van der Waals surface area contributed by atoms with E-state index in [1.54, 1.807) is 0 Å². The molecule has 0 fully saturated rings. The van der Waals surface area contributed by atoms with Crippen molar-refractivity contribution >= 4 is 15.9 Å². The highest BCUT2D eigenvalue weighted by Crippen LogP contribution is 2.14. The minimum atomic E-state index is 0.188. The van der Waals surface area contributed by atoms with E-state index in [4.69, 9.17) is 4.74 Å². The van der Waals surface area contributed by atoms with E-state index >= 15 is 0 Å². The van der Waals surface area contributed by atoms with Gasteiger partial charge in [0.05, 0.1) is 18.3 Å². The fourth-order valence-corrected chi connectivity index (χ4v) is 1.63. The van der Waals surface area contributed by atoms with Crippen molar-refractivity contribution in [1.82, 2.24) is 10.3 Å². The molecule has 0 saturated heterocycles. The molecule has 0 aliphatic carbocycles. The van der Waals surface area contributed by atoms with Gasteiger partial charge in [-0.1, -0.05) is 6.92 Å². The van der Waals surface area contributed by atoms with Gasteiger partial charge in [-0.25, -0.2) is 0 Å². The molecular formula is C12H19BrN2O. The Morgan fingerprint density at radius 2 is 2.25 bits per heavy atom. The summed E-state index contributed by atoms with van der Waals surface area (Å²) >= 11 is 3.39. The fraction of sp³-hybridized carbons (Fsp3) is 0.583. The van der Waals surface area contributed by atoms with Crippen LogP contribution in [0.5, 0.6) is 0 Å². The van der Waals surface area contributed by atoms with E-state index in [-0.39, 0.29) is 6.04 Å². The molecule has 16 heavy (non-hydrogen) atoms. The molecule has 1 aromatic rings. The van der Waals surface area contributed by atoms with Gasteiger partial charge in [0.15, 0.2) is 0 Å². The number of aromatic nitrogens is 1. The number of hydrogen-bond acceptors (Lipinski definition) is 3. The van der Waals surface area contributed by atoms with Crippen LogP contribution in [0.4, 0.5) is 0 Å². The van der Waals surface area contributed by atoms with Crippen LogP contribution in [0.15, 0.2) is 22.8 Å². The van der Waals surface area contributed by atoms with Crippen LogP contribution in [0.1, 0.15) is 32.0 Å². The van der Waals surface area contributed by atoms with Gasteiger partial charge in [0.25, 0.3) is 0 Å². The number of ether oxygens (including phenoxy) is 1. The summed E-state index contributed by atoms with van der Waals surface area (Å²) in [6, 6.07) is 4.22. The van der Waals surface area contributed by atoms with Crippen LogP contribution in [0.25, 0.3) is 0 Å². The third kappa shape index (κ3) is 4.60. The minimum Gasteiger partial charge on any atom is -0.380 e. The molecule has 3 nitrogen and oxygen atoms in total. The van der Waals surface area contributed by atoms with Gasteiger partial charge < -0.3 is 10.1 Å². The van der Waals surface area contributed by atoms with Gasteiger partial charge >= 0.3 is 0 Å². The Balaban J connectivity index is 2.62. The van der Waals surface area contributed by atoms with Crippen molar-refractivity contribution in [3.63, 3.8) is 0 Å². The number of rotatable bonds is 7. The summed E-state index contributed by atoms with van der Waals surface area (Å²) in [6.07, 6.45) is 2.93. The number of nitrogens with zero attached hydrogens (tertiary/aromatic N) is 1. The van der Waals surface area contributed by atoms with Crippen molar-refractivity contribution < 1.29 is 4.74 Å². The first-order chi connectivity index (χ1) is 7.77. The molecule has 0 spiro atoms. The summed E-state index contributed by atoms with van der Waals surface area (Å²) < 4.78 is 6.46. The molecule has 1 aromatic heterocycles. The van der Waals surface area contributed by atoms with Crippen LogP contribution in [0.3, 0.4) is 0 Å². The van der Waals surface area contributed by atoms with Crippen molar-refractivity contribution in [2.24, 2.45) is 0 Å². The Bertz CT molecular complexity index is 282. The van der Waals surface area contributed by atoms with Crippen LogP contribution in [0.2, 0.25) is 0 Å². The van der Waals surface area contributed by atoms with Crippen LogP contribution in [-0.2, 0) is 4.74 Å². The zero-order valence-corrected chi connectivity index (χ0v) is 11.5. The fourth-order valence-electron chi connectivity index (χ4n) is 1.40. The molecule has 0 aromatic carbocycles. The number of hydrogen-bond donors (Lipinski definition) is 1. The third-order valence-corrected chi connectivity index (χ3v) is 2.71. The standard InChI is InChI=1S/C12H19BrN2O/c1-3-7-14-12(9-16-4-2)11-6-5-10(13)8-15-11/h5-6,8,12,14H,3-4,7,9H2,1-2H3. The van der Waals surface area contributed by atoms with Gasteiger partial charge in [0.2, 0.25) is 0 Å². The second kappa shape index (κ2) is 7.76. The van der Waals surface area contributed by atoms with E-state index in [2.05, 4.69) is 33.2 Å². The van der Waals surface area contributed by atoms with E-state index in [1.165, 1.54) is 0 Å². The Morgan fingerprint density at radius 3 is 2.81 bits per heavy atom. The van der Waals surface area contributed by atoms with Crippen molar-refractivity contribution in [3.05, 3.63) is 28.5 Å². The number of nitrogens with one attached hydrogen (secondary N) is 1. The summed E-state index contributed by atoms with van der Waals surface area (Å²) in [4.78, 5) is 4.40. The third-order valence-electron chi connectivity index (χ3n) is 2.24. The van der Waals surface area contributed by atoms with Gasteiger partial charge in [0, 0.05) is 17.3 Å². The first kappa shape index (κ1) is 13.6. The van der Waals surface area contributed by atoms with Crippen molar-refractivity contribution in [2.45, 2.75) is 26.3 Å². The van der Waals surface area contributed by atoms with E-state index in [9.17, 15) is 0 Å². The summed E-state index contributed by atoms with van der Waals surface area (Å²) in [7, 11) is 0. The lowest BCUT2D eigenvalue weighted by molar-refractivity contribution is 0.122. The quantitative estimate of drug-likeness (QED) is 0.837. The summed E-state index contributed by atoms with van der Waals surface area (Å²) in [5.41, 5.74) is 1.03. The minimum absolute atomic E-state index is 0.188. The predicted octanol–water partition coefficient (Wildman–Crippen LogP) is 2.92. The van der Waals surface area contributed by atoms with Crippen LogP contribution < -0.4 is 5.32 Å². The van der Waals surface area contributed by atoms with Crippen LogP contribution in [-0.4, -0.2) is 24.7 Å². The molecule has 1 N–H and O–H groups in total. The molecule has 0 radical (unpaired) electrons. The molecule has 0 amide bonds. The van der Waals surface area contributed by atoms with E-state index in [0.717, 1.165) is 29.7 Å². The summed E-state index contributed by atoms with van der Waals surface area (Å²) in [5.74, 6) is 0. The van der Waals surface area contributed by atoms with Crippen LogP contribution in [0, 0.1) is 0 Å². The SMILES string of the molecule is CCCNC(COCC)c1ccc(Br)cn1. The van der Waals surface area contributed by atoms with E-state index in [0.29, 0.717) is 6.61 Å². The molecule has 0 aliphatic heterocycles. The zero-order chi connectivity index (χ0) is 11.8. The molecule has 4 heteroatoms. The molecule has 1 rings (SSSR count). The molecular weight excluding hydrogens is 268 g/mol. The molecule has 1 heterocycles. The van der Waals surface area contributed by atoms with Gasteiger partial charge in [-0.2, -0.15) is 0 Å². The average molecular weight is 287 g/mol. The maximum Gasteiger partial charge on any atom is 0.0732 e. The summed E-state index contributed by atoms with van der Waals surface area (Å²) in [5, 5.41) is 3.44. The Labute approximate surface area is 106 Å². The highest BCUT2D eigenvalue weighted by atomic mass is 79.9.